The van der Waals surface area contributed by atoms with E-state index in [1.165, 1.54) is 16.5 Å². The maximum atomic E-state index is 6.21. The number of para-hydroxylation sites is 1. The second kappa shape index (κ2) is 7.90. The van der Waals surface area contributed by atoms with Crippen molar-refractivity contribution in [1.29, 1.82) is 0 Å². The van der Waals surface area contributed by atoms with Crippen molar-refractivity contribution < 1.29 is 0 Å². The lowest BCUT2D eigenvalue weighted by Crippen LogP contribution is -2.09. The Morgan fingerprint density at radius 2 is 1.89 bits per heavy atom. The summed E-state index contributed by atoms with van der Waals surface area (Å²) in [6, 6.07) is 16.0. The van der Waals surface area contributed by atoms with Crippen LogP contribution in [0.15, 0.2) is 54.7 Å². The number of aryl methyl sites for hydroxylation is 1. The monoisotopic (exact) mass is 391 g/mol. The minimum absolute atomic E-state index is 0.556. The zero-order valence-corrected chi connectivity index (χ0v) is 16.6. The Balaban J connectivity index is 1.46. The molecule has 2 heterocycles. The van der Waals surface area contributed by atoms with Gasteiger partial charge in [-0.2, -0.15) is 4.98 Å². The topological polar surface area (TPSA) is 65.6 Å². The standard InChI is InChI=1S/C22H22ClN5/c1-14-12-21(24-11-10-16-13-25-20-8-4-3-6-17(16)20)28-22(26-14)27-19-9-5-7-18(23)15(19)2/h3-9,12-13,25H,10-11H2,1-2H3,(H2,24,26,27,28). The number of H-pyrrole nitrogens is 1. The summed E-state index contributed by atoms with van der Waals surface area (Å²) in [7, 11) is 0. The lowest BCUT2D eigenvalue weighted by molar-refractivity contribution is 1.00. The SMILES string of the molecule is Cc1cc(NCCc2c[nH]c3ccccc23)nc(Nc2cccc(Cl)c2C)n1. The fourth-order valence-corrected chi connectivity index (χ4v) is 3.42. The van der Waals surface area contributed by atoms with Crippen LogP contribution in [0.3, 0.4) is 0 Å². The number of aromatic nitrogens is 3. The molecule has 0 spiro atoms. The zero-order valence-electron chi connectivity index (χ0n) is 15.9. The molecule has 3 N–H and O–H groups in total. The molecule has 28 heavy (non-hydrogen) atoms. The number of benzene rings is 2. The quantitative estimate of drug-likeness (QED) is 0.398. The zero-order chi connectivity index (χ0) is 19.5. The fourth-order valence-electron chi connectivity index (χ4n) is 3.24. The number of anilines is 3. The fraction of sp³-hybridized carbons (Fsp3) is 0.182. The Morgan fingerprint density at radius 1 is 1.04 bits per heavy atom. The molecule has 5 nitrogen and oxygen atoms in total. The van der Waals surface area contributed by atoms with Crippen molar-refractivity contribution in [2.75, 3.05) is 17.2 Å². The molecule has 0 saturated heterocycles. The lowest BCUT2D eigenvalue weighted by Gasteiger charge is -2.12. The first-order valence-electron chi connectivity index (χ1n) is 9.27. The van der Waals surface area contributed by atoms with Crippen molar-refractivity contribution in [3.8, 4) is 0 Å². The summed E-state index contributed by atoms with van der Waals surface area (Å²) >= 11 is 6.21. The third-order valence-corrected chi connectivity index (χ3v) is 5.15. The van der Waals surface area contributed by atoms with E-state index in [1.807, 2.05) is 44.2 Å². The number of rotatable bonds is 6. The van der Waals surface area contributed by atoms with E-state index >= 15 is 0 Å². The van der Waals surface area contributed by atoms with Gasteiger partial charge in [0.25, 0.3) is 0 Å². The van der Waals surface area contributed by atoms with Gasteiger partial charge < -0.3 is 15.6 Å². The Morgan fingerprint density at radius 3 is 2.79 bits per heavy atom. The third kappa shape index (κ3) is 3.94. The van der Waals surface area contributed by atoms with E-state index in [2.05, 4.69) is 50.0 Å². The largest absolute Gasteiger partial charge is 0.370 e. The van der Waals surface area contributed by atoms with Gasteiger partial charge in [-0.1, -0.05) is 35.9 Å². The first kappa shape index (κ1) is 18.3. The van der Waals surface area contributed by atoms with Gasteiger partial charge in [0.15, 0.2) is 0 Å². The van der Waals surface area contributed by atoms with Crippen LogP contribution in [0.4, 0.5) is 17.5 Å². The van der Waals surface area contributed by atoms with E-state index in [9.17, 15) is 0 Å². The second-order valence-corrected chi connectivity index (χ2v) is 7.20. The van der Waals surface area contributed by atoms with Crippen molar-refractivity contribution in [3.05, 3.63) is 76.6 Å². The highest BCUT2D eigenvalue weighted by molar-refractivity contribution is 6.31. The van der Waals surface area contributed by atoms with E-state index < -0.39 is 0 Å². The molecule has 0 radical (unpaired) electrons. The predicted molar refractivity (Wildman–Crippen MR) is 117 cm³/mol. The molecule has 0 aliphatic rings. The van der Waals surface area contributed by atoms with E-state index in [1.54, 1.807) is 0 Å². The third-order valence-electron chi connectivity index (χ3n) is 4.74. The molecule has 0 aliphatic carbocycles. The average Bonchev–Trinajstić information content (AvgIpc) is 3.08. The number of aromatic amines is 1. The molecule has 0 fully saturated rings. The van der Waals surface area contributed by atoms with Gasteiger partial charge in [0, 0.05) is 46.1 Å². The molecule has 0 amide bonds. The molecule has 0 atom stereocenters. The van der Waals surface area contributed by atoms with Crippen molar-refractivity contribution in [2.45, 2.75) is 20.3 Å². The average molecular weight is 392 g/mol. The van der Waals surface area contributed by atoms with Gasteiger partial charge in [0.05, 0.1) is 0 Å². The maximum absolute atomic E-state index is 6.21. The summed E-state index contributed by atoms with van der Waals surface area (Å²) in [5.74, 6) is 1.36. The minimum Gasteiger partial charge on any atom is -0.370 e. The van der Waals surface area contributed by atoms with Crippen LogP contribution in [0.25, 0.3) is 10.9 Å². The summed E-state index contributed by atoms with van der Waals surface area (Å²) in [5, 5.41) is 8.66. The van der Waals surface area contributed by atoms with Crippen molar-refractivity contribution >= 4 is 40.0 Å². The highest BCUT2D eigenvalue weighted by atomic mass is 35.5. The predicted octanol–water partition coefficient (Wildman–Crippen LogP) is 5.63. The van der Waals surface area contributed by atoms with E-state index in [0.29, 0.717) is 5.95 Å². The van der Waals surface area contributed by atoms with Crippen molar-refractivity contribution in [3.63, 3.8) is 0 Å². The Bertz CT molecular complexity index is 1120. The van der Waals surface area contributed by atoms with Gasteiger partial charge in [-0.05, 0) is 49.6 Å². The lowest BCUT2D eigenvalue weighted by atomic mass is 10.1. The van der Waals surface area contributed by atoms with E-state index in [0.717, 1.165) is 40.8 Å². The number of hydrogen-bond acceptors (Lipinski definition) is 4. The van der Waals surface area contributed by atoms with Crippen LogP contribution in [-0.4, -0.2) is 21.5 Å². The summed E-state index contributed by atoms with van der Waals surface area (Å²) in [4.78, 5) is 12.4. The van der Waals surface area contributed by atoms with Gasteiger partial charge in [0.2, 0.25) is 5.95 Å². The molecule has 142 valence electrons. The van der Waals surface area contributed by atoms with Gasteiger partial charge in [-0.3, -0.25) is 0 Å². The molecule has 0 bridgehead atoms. The van der Waals surface area contributed by atoms with Crippen LogP contribution in [0.1, 0.15) is 16.8 Å². The molecule has 0 aliphatic heterocycles. The first-order chi connectivity index (χ1) is 13.6. The Labute approximate surface area is 169 Å². The van der Waals surface area contributed by atoms with Crippen LogP contribution < -0.4 is 10.6 Å². The number of halogens is 1. The molecular weight excluding hydrogens is 370 g/mol. The van der Waals surface area contributed by atoms with Crippen LogP contribution in [0, 0.1) is 13.8 Å². The van der Waals surface area contributed by atoms with Gasteiger partial charge in [-0.25, -0.2) is 4.98 Å². The molecular formula is C22H22ClN5. The van der Waals surface area contributed by atoms with Crippen LogP contribution in [0.2, 0.25) is 5.02 Å². The molecule has 2 aromatic heterocycles. The number of fused-ring (bicyclic) bond motifs is 1. The summed E-state index contributed by atoms with van der Waals surface area (Å²) in [5.41, 5.74) is 5.23. The molecule has 4 rings (SSSR count). The number of nitrogens with zero attached hydrogens (tertiary/aromatic N) is 2. The van der Waals surface area contributed by atoms with Gasteiger partial charge >= 0.3 is 0 Å². The molecule has 6 heteroatoms. The molecule has 0 unspecified atom stereocenters. The number of nitrogens with one attached hydrogen (secondary N) is 3. The molecule has 4 aromatic rings. The highest BCUT2D eigenvalue weighted by Gasteiger charge is 2.07. The van der Waals surface area contributed by atoms with Crippen molar-refractivity contribution in [1.82, 2.24) is 15.0 Å². The second-order valence-electron chi connectivity index (χ2n) is 6.79. The first-order valence-corrected chi connectivity index (χ1v) is 9.64. The number of hydrogen-bond donors (Lipinski definition) is 3. The maximum Gasteiger partial charge on any atom is 0.229 e. The van der Waals surface area contributed by atoms with E-state index in [4.69, 9.17) is 11.6 Å². The van der Waals surface area contributed by atoms with E-state index in [-0.39, 0.29) is 0 Å². The van der Waals surface area contributed by atoms with Gasteiger partial charge in [0.1, 0.15) is 5.82 Å². The highest BCUT2D eigenvalue weighted by Crippen LogP contribution is 2.25. The Hall–Kier alpha value is -3.05. The minimum atomic E-state index is 0.556. The van der Waals surface area contributed by atoms with Crippen LogP contribution >= 0.6 is 11.6 Å². The van der Waals surface area contributed by atoms with Crippen molar-refractivity contribution in [2.24, 2.45) is 0 Å². The van der Waals surface area contributed by atoms with Crippen LogP contribution in [-0.2, 0) is 6.42 Å². The molecule has 0 saturated carbocycles. The Kier molecular flexibility index (Phi) is 5.17. The van der Waals surface area contributed by atoms with Crippen LogP contribution in [0.5, 0.6) is 0 Å². The van der Waals surface area contributed by atoms with Gasteiger partial charge in [-0.15, -0.1) is 0 Å². The smallest absolute Gasteiger partial charge is 0.229 e. The normalized spacial score (nSPS) is 11.0. The summed E-state index contributed by atoms with van der Waals surface area (Å²) < 4.78 is 0. The molecule has 2 aromatic carbocycles. The summed E-state index contributed by atoms with van der Waals surface area (Å²) in [6.45, 7) is 4.72. The summed E-state index contributed by atoms with van der Waals surface area (Å²) in [6.07, 6.45) is 2.98.